The maximum Gasteiger partial charge on any atom is 0.378 e. The van der Waals surface area contributed by atoms with Crippen molar-refractivity contribution in [3.63, 3.8) is 0 Å². The van der Waals surface area contributed by atoms with Crippen LogP contribution in [0.5, 0.6) is 0 Å². The highest BCUT2D eigenvalue weighted by molar-refractivity contribution is 6.10. The fourth-order valence-electron chi connectivity index (χ4n) is 2.72. The molecule has 2 amide bonds. The van der Waals surface area contributed by atoms with Gasteiger partial charge in [0.15, 0.2) is 6.61 Å². The summed E-state index contributed by atoms with van der Waals surface area (Å²) in [5.74, 6) is -1.63. The van der Waals surface area contributed by atoms with Gasteiger partial charge in [0.05, 0.1) is 11.4 Å². The van der Waals surface area contributed by atoms with Gasteiger partial charge in [-0.1, -0.05) is 12.1 Å². The first-order chi connectivity index (χ1) is 13.0. The number of esters is 1. The van der Waals surface area contributed by atoms with Crippen LogP contribution in [0, 0.1) is 6.92 Å². The summed E-state index contributed by atoms with van der Waals surface area (Å²) >= 11 is 0. The number of hydrogen-bond donors (Lipinski definition) is 1. The Hall–Kier alpha value is -3.82. The van der Waals surface area contributed by atoms with E-state index in [-0.39, 0.29) is 24.1 Å². The molecular weight excluding hydrogens is 352 g/mol. The van der Waals surface area contributed by atoms with Crippen LogP contribution < -0.4 is 10.2 Å². The Morgan fingerprint density at radius 1 is 1.26 bits per heavy atom. The number of nitrogens with zero attached hydrogens (tertiary/aromatic N) is 5. The van der Waals surface area contributed by atoms with Crippen LogP contribution >= 0.6 is 0 Å². The topological polar surface area (TPSA) is 119 Å². The summed E-state index contributed by atoms with van der Waals surface area (Å²) < 4.78 is 6.44. The van der Waals surface area contributed by atoms with Gasteiger partial charge in [-0.2, -0.15) is 4.98 Å². The van der Waals surface area contributed by atoms with E-state index in [0.717, 1.165) is 5.69 Å². The molecule has 2 aromatic heterocycles. The zero-order chi connectivity index (χ0) is 19.0. The number of carbonyl (C=O) groups excluding carboxylic acids is 3. The highest BCUT2D eigenvalue weighted by Gasteiger charge is 2.27. The molecule has 1 aromatic carbocycles. The van der Waals surface area contributed by atoms with Gasteiger partial charge < -0.3 is 10.1 Å². The van der Waals surface area contributed by atoms with Crippen molar-refractivity contribution in [2.24, 2.45) is 0 Å². The number of nitrogens with one attached hydrogen (secondary N) is 1. The number of rotatable bonds is 3. The van der Waals surface area contributed by atoms with Crippen LogP contribution in [-0.4, -0.2) is 50.5 Å². The van der Waals surface area contributed by atoms with E-state index >= 15 is 0 Å². The molecule has 0 fully saturated rings. The van der Waals surface area contributed by atoms with Crippen LogP contribution in [0.4, 0.5) is 11.4 Å². The molecule has 0 bridgehead atoms. The molecule has 0 saturated carbocycles. The first-order valence-corrected chi connectivity index (χ1v) is 8.07. The Bertz CT molecular complexity index is 1080. The number of benzene rings is 1. The molecule has 0 aliphatic carbocycles. The third-order valence-electron chi connectivity index (χ3n) is 4.01. The van der Waals surface area contributed by atoms with Gasteiger partial charge in [0.1, 0.15) is 6.54 Å². The van der Waals surface area contributed by atoms with Crippen LogP contribution in [0.15, 0.2) is 36.5 Å². The second kappa shape index (κ2) is 6.48. The van der Waals surface area contributed by atoms with Gasteiger partial charge in [-0.05, 0) is 25.1 Å². The summed E-state index contributed by atoms with van der Waals surface area (Å²) in [5, 5.41) is 6.72. The Labute approximate surface area is 152 Å². The summed E-state index contributed by atoms with van der Waals surface area (Å²) in [5.41, 5.74) is 1.82. The zero-order valence-corrected chi connectivity index (χ0v) is 14.2. The van der Waals surface area contributed by atoms with Gasteiger partial charge in [-0.25, -0.2) is 14.3 Å². The molecule has 0 saturated heterocycles. The lowest BCUT2D eigenvalue weighted by molar-refractivity contribution is -0.124. The Morgan fingerprint density at radius 2 is 2.07 bits per heavy atom. The third kappa shape index (κ3) is 3.08. The number of aromatic nitrogens is 4. The Kier molecular flexibility index (Phi) is 3.99. The molecule has 27 heavy (non-hydrogen) atoms. The molecule has 10 nitrogen and oxygen atoms in total. The van der Waals surface area contributed by atoms with Crippen molar-refractivity contribution in [3.05, 3.63) is 48.0 Å². The van der Waals surface area contributed by atoms with Gasteiger partial charge in [0.2, 0.25) is 5.91 Å². The minimum atomic E-state index is -0.844. The van der Waals surface area contributed by atoms with Crippen molar-refractivity contribution in [3.8, 4) is 0 Å². The lowest BCUT2D eigenvalue weighted by Gasteiger charge is -2.28. The highest BCUT2D eigenvalue weighted by Crippen LogP contribution is 2.28. The normalized spacial score (nSPS) is 13.2. The molecule has 0 radical (unpaired) electrons. The maximum atomic E-state index is 12.5. The molecule has 3 heterocycles. The molecule has 136 valence electrons. The molecule has 0 atom stereocenters. The second-order valence-corrected chi connectivity index (χ2v) is 5.85. The SMILES string of the molecule is Cc1ccnc2nc(C(=O)OCC(=O)N3CC(=O)Nc4ccccc43)nn12. The first kappa shape index (κ1) is 16.6. The number of ether oxygens (including phenoxy) is 1. The highest BCUT2D eigenvalue weighted by atomic mass is 16.5. The lowest BCUT2D eigenvalue weighted by atomic mass is 10.2. The molecule has 10 heteroatoms. The maximum absolute atomic E-state index is 12.5. The number of amides is 2. The van der Waals surface area contributed by atoms with Crippen molar-refractivity contribution in [2.45, 2.75) is 6.92 Å². The van der Waals surface area contributed by atoms with E-state index in [4.69, 9.17) is 4.74 Å². The Balaban J connectivity index is 1.48. The van der Waals surface area contributed by atoms with Crippen LogP contribution in [0.3, 0.4) is 0 Å². The van der Waals surface area contributed by atoms with Gasteiger partial charge in [-0.3, -0.25) is 14.5 Å². The van der Waals surface area contributed by atoms with Crippen molar-refractivity contribution in [1.29, 1.82) is 0 Å². The molecule has 1 N–H and O–H groups in total. The monoisotopic (exact) mass is 366 g/mol. The molecule has 0 unspecified atom stereocenters. The summed E-state index contributed by atoms with van der Waals surface area (Å²) in [6, 6.07) is 8.61. The smallest absolute Gasteiger partial charge is 0.378 e. The van der Waals surface area contributed by atoms with Gasteiger partial charge >= 0.3 is 5.97 Å². The second-order valence-electron chi connectivity index (χ2n) is 5.85. The van der Waals surface area contributed by atoms with Crippen LogP contribution in [0.25, 0.3) is 5.78 Å². The summed E-state index contributed by atoms with van der Waals surface area (Å²) in [7, 11) is 0. The van der Waals surface area contributed by atoms with Crippen LogP contribution in [0.2, 0.25) is 0 Å². The minimum Gasteiger partial charge on any atom is -0.450 e. The predicted octanol–water partition coefficient (Wildman–Crippen LogP) is 0.575. The standard InChI is InChI=1S/C17H14N6O4/c1-10-6-7-18-17-20-15(21-23(10)17)16(26)27-9-14(25)22-8-13(24)19-11-4-2-3-5-12(11)22/h2-7H,8-9H2,1H3,(H,19,24). The fraction of sp³-hybridized carbons (Fsp3) is 0.176. The fourth-order valence-corrected chi connectivity index (χ4v) is 2.72. The number of anilines is 2. The van der Waals surface area contributed by atoms with Crippen molar-refractivity contribution in [1.82, 2.24) is 19.6 Å². The minimum absolute atomic E-state index is 0.150. The molecular formula is C17H14N6O4. The molecule has 4 rings (SSSR count). The largest absolute Gasteiger partial charge is 0.450 e. The zero-order valence-electron chi connectivity index (χ0n) is 14.2. The predicted molar refractivity (Wildman–Crippen MR) is 93.2 cm³/mol. The van der Waals surface area contributed by atoms with Crippen LogP contribution in [0.1, 0.15) is 16.3 Å². The number of aryl methyl sites for hydroxylation is 1. The van der Waals surface area contributed by atoms with Crippen molar-refractivity contribution in [2.75, 3.05) is 23.4 Å². The number of para-hydroxylation sites is 2. The summed E-state index contributed by atoms with van der Waals surface area (Å²) in [4.78, 5) is 45.7. The first-order valence-electron chi connectivity index (χ1n) is 8.07. The molecule has 0 spiro atoms. The average molecular weight is 366 g/mol. The van der Waals surface area contributed by atoms with Crippen molar-refractivity contribution < 1.29 is 19.1 Å². The van der Waals surface area contributed by atoms with E-state index in [9.17, 15) is 14.4 Å². The van der Waals surface area contributed by atoms with Crippen LogP contribution in [-0.2, 0) is 14.3 Å². The third-order valence-corrected chi connectivity index (χ3v) is 4.01. The van der Waals surface area contributed by atoms with Gasteiger partial charge in [-0.15, -0.1) is 5.10 Å². The molecule has 1 aliphatic rings. The number of fused-ring (bicyclic) bond motifs is 2. The Morgan fingerprint density at radius 3 is 2.89 bits per heavy atom. The van der Waals surface area contributed by atoms with Crippen molar-refractivity contribution >= 4 is 34.9 Å². The number of carbonyl (C=O) groups is 3. The molecule has 1 aliphatic heterocycles. The quantitative estimate of drug-likeness (QED) is 0.673. The van der Waals surface area contributed by atoms with Gasteiger partial charge in [0, 0.05) is 11.9 Å². The molecule has 3 aromatic rings. The summed E-state index contributed by atoms with van der Waals surface area (Å²) in [6.07, 6.45) is 1.55. The summed E-state index contributed by atoms with van der Waals surface area (Å²) in [6.45, 7) is 1.10. The van der Waals surface area contributed by atoms with E-state index in [1.165, 1.54) is 9.42 Å². The number of hydrogen-bond acceptors (Lipinski definition) is 7. The van der Waals surface area contributed by atoms with Gasteiger partial charge in [0.25, 0.3) is 17.5 Å². The average Bonchev–Trinajstić information content (AvgIpc) is 3.11. The van der Waals surface area contributed by atoms with E-state index in [1.807, 2.05) is 0 Å². The lowest BCUT2D eigenvalue weighted by Crippen LogP contribution is -2.44. The van der Waals surface area contributed by atoms with E-state index in [2.05, 4.69) is 20.4 Å². The van der Waals surface area contributed by atoms with E-state index in [1.54, 1.807) is 43.5 Å². The van der Waals surface area contributed by atoms with E-state index < -0.39 is 18.5 Å². The van der Waals surface area contributed by atoms with E-state index in [0.29, 0.717) is 11.4 Å².